The first-order chi connectivity index (χ1) is 8.65. The number of aliphatic hydroxyl groups is 1. The van der Waals surface area contributed by atoms with E-state index in [0.29, 0.717) is 5.91 Å². The number of aliphatic hydroxyl groups excluding tert-OH is 1. The molecular formula is C13H25N3O2. The highest BCUT2D eigenvalue weighted by Crippen LogP contribution is 2.28. The van der Waals surface area contributed by atoms with Gasteiger partial charge in [0, 0.05) is 39.3 Å². The summed E-state index contributed by atoms with van der Waals surface area (Å²) < 4.78 is 0. The smallest absolute Gasteiger partial charge is 0.229 e. The van der Waals surface area contributed by atoms with Gasteiger partial charge in [-0.3, -0.25) is 9.69 Å². The number of β-amino-alcohol motifs (C(OH)–C–C–N with tert-alkyl or cyclic N) is 1. The summed E-state index contributed by atoms with van der Waals surface area (Å²) in [4.78, 5) is 16.8. The van der Waals surface area contributed by atoms with E-state index >= 15 is 0 Å². The zero-order valence-electron chi connectivity index (χ0n) is 11.3. The van der Waals surface area contributed by atoms with Crippen LogP contribution in [0.2, 0.25) is 0 Å². The maximum Gasteiger partial charge on any atom is 0.229 e. The van der Waals surface area contributed by atoms with Gasteiger partial charge in [0.25, 0.3) is 0 Å². The van der Waals surface area contributed by atoms with Crippen LogP contribution in [0.5, 0.6) is 0 Å². The Hall–Kier alpha value is -0.650. The van der Waals surface area contributed by atoms with Crippen LogP contribution >= 0.6 is 0 Å². The molecule has 0 spiro atoms. The lowest BCUT2D eigenvalue weighted by Gasteiger charge is -2.41. The van der Waals surface area contributed by atoms with Crippen molar-refractivity contribution in [3.8, 4) is 0 Å². The van der Waals surface area contributed by atoms with E-state index < -0.39 is 0 Å². The molecule has 18 heavy (non-hydrogen) atoms. The number of nitrogens with one attached hydrogen (secondary N) is 1. The molecule has 0 aromatic carbocycles. The summed E-state index contributed by atoms with van der Waals surface area (Å²) >= 11 is 0. The maximum atomic E-state index is 12.6. The lowest BCUT2D eigenvalue weighted by molar-refractivity contribution is -0.144. The normalized spacial score (nSPS) is 30.4. The lowest BCUT2D eigenvalue weighted by Crippen LogP contribution is -2.56. The van der Waals surface area contributed by atoms with Crippen molar-refractivity contribution < 1.29 is 9.90 Å². The lowest BCUT2D eigenvalue weighted by atomic mass is 9.81. The second-order valence-electron chi connectivity index (χ2n) is 5.70. The first-order valence-electron chi connectivity index (χ1n) is 6.99. The van der Waals surface area contributed by atoms with Gasteiger partial charge in [-0.05, 0) is 26.3 Å². The van der Waals surface area contributed by atoms with Crippen molar-refractivity contribution in [3.63, 3.8) is 0 Å². The Kier molecular flexibility index (Phi) is 4.59. The number of piperazine rings is 1. The first kappa shape index (κ1) is 13.8. The molecule has 0 aromatic rings. The molecule has 0 aromatic heterocycles. The van der Waals surface area contributed by atoms with Crippen molar-refractivity contribution in [3.05, 3.63) is 0 Å². The Labute approximate surface area is 109 Å². The van der Waals surface area contributed by atoms with Gasteiger partial charge in [-0.1, -0.05) is 0 Å². The van der Waals surface area contributed by atoms with Gasteiger partial charge < -0.3 is 15.3 Å². The molecule has 2 rings (SSSR count). The van der Waals surface area contributed by atoms with Crippen LogP contribution in [0.15, 0.2) is 0 Å². The highest BCUT2D eigenvalue weighted by atomic mass is 16.3. The number of piperidine rings is 1. The monoisotopic (exact) mass is 255 g/mol. The predicted molar refractivity (Wildman–Crippen MR) is 70.3 cm³/mol. The van der Waals surface area contributed by atoms with Crippen molar-refractivity contribution in [2.75, 3.05) is 52.4 Å². The van der Waals surface area contributed by atoms with E-state index in [-0.39, 0.29) is 12.0 Å². The van der Waals surface area contributed by atoms with Crippen LogP contribution < -0.4 is 5.32 Å². The minimum absolute atomic E-state index is 0.204. The van der Waals surface area contributed by atoms with Crippen LogP contribution in [0.25, 0.3) is 0 Å². The highest BCUT2D eigenvalue weighted by Gasteiger charge is 2.38. The van der Waals surface area contributed by atoms with Crippen LogP contribution in [0.3, 0.4) is 0 Å². The fourth-order valence-electron chi connectivity index (χ4n) is 2.94. The van der Waals surface area contributed by atoms with Gasteiger partial charge in [-0.15, -0.1) is 0 Å². The summed E-state index contributed by atoms with van der Waals surface area (Å²) in [6.07, 6.45) is 2.09. The Morgan fingerprint density at radius 2 is 2.06 bits per heavy atom. The van der Waals surface area contributed by atoms with Crippen LogP contribution in [0.1, 0.15) is 19.8 Å². The van der Waals surface area contributed by atoms with E-state index in [1.807, 2.05) is 4.90 Å². The molecule has 2 heterocycles. The van der Waals surface area contributed by atoms with Gasteiger partial charge in [0.05, 0.1) is 12.0 Å². The van der Waals surface area contributed by atoms with Gasteiger partial charge in [-0.2, -0.15) is 0 Å². The molecule has 5 heteroatoms. The molecule has 2 aliphatic rings. The van der Waals surface area contributed by atoms with Gasteiger partial charge in [0.1, 0.15) is 0 Å². The average molecular weight is 255 g/mol. The van der Waals surface area contributed by atoms with Crippen LogP contribution in [0, 0.1) is 5.41 Å². The molecule has 1 unspecified atom stereocenters. The summed E-state index contributed by atoms with van der Waals surface area (Å²) in [6, 6.07) is 0. The molecule has 2 N–H and O–H groups in total. The third kappa shape index (κ3) is 3.02. The third-order valence-electron chi connectivity index (χ3n) is 4.19. The Morgan fingerprint density at radius 1 is 1.33 bits per heavy atom. The second-order valence-corrected chi connectivity index (χ2v) is 5.70. The standard InChI is InChI=1S/C13H25N3O2/c1-13(3-2-4-14-11-13)12(18)16-7-5-15(6-8-16)9-10-17/h14,17H,2-11H2,1H3. The molecule has 1 atom stereocenters. The fraction of sp³-hybridized carbons (Fsp3) is 0.923. The SMILES string of the molecule is CC1(C(=O)N2CCN(CCO)CC2)CCCNC1. The average Bonchev–Trinajstić information content (AvgIpc) is 2.40. The first-order valence-corrected chi connectivity index (χ1v) is 6.99. The quantitative estimate of drug-likeness (QED) is 0.715. The van der Waals surface area contributed by atoms with E-state index in [1.165, 1.54) is 0 Å². The minimum atomic E-state index is -0.211. The molecule has 2 aliphatic heterocycles. The number of carbonyl (C=O) groups excluding carboxylic acids is 1. The number of hydrogen-bond donors (Lipinski definition) is 2. The molecule has 0 saturated carbocycles. The zero-order valence-corrected chi connectivity index (χ0v) is 11.3. The molecule has 104 valence electrons. The van der Waals surface area contributed by atoms with Crippen molar-refractivity contribution in [1.29, 1.82) is 0 Å². The van der Waals surface area contributed by atoms with Gasteiger partial charge in [0.2, 0.25) is 5.91 Å². The molecule has 2 saturated heterocycles. The molecule has 0 radical (unpaired) electrons. The van der Waals surface area contributed by atoms with E-state index in [2.05, 4.69) is 17.1 Å². The van der Waals surface area contributed by atoms with E-state index in [0.717, 1.165) is 58.7 Å². The van der Waals surface area contributed by atoms with Gasteiger partial charge in [0.15, 0.2) is 0 Å². The van der Waals surface area contributed by atoms with Crippen LogP contribution in [0.4, 0.5) is 0 Å². The summed E-state index contributed by atoms with van der Waals surface area (Å²) in [7, 11) is 0. The maximum absolute atomic E-state index is 12.6. The van der Waals surface area contributed by atoms with E-state index in [4.69, 9.17) is 5.11 Å². The van der Waals surface area contributed by atoms with Gasteiger partial charge >= 0.3 is 0 Å². The van der Waals surface area contributed by atoms with Crippen molar-refractivity contribution in [2.45, 2.75) is 19.8 Å². The second kappa shape index (κ2) is 5.99. The van der Waals surface area contributed by atoms with Crippen molar-refractivity contribution in [2.24, 2.45) is 5.41 Å². The van der Waals surface area contributed by atoms with Crippen LogP contribution in [-0.4, -0.2) is 73.2 Å². The predicted octanol–water partition coefficient (Wildman–Crippen LogP) is -0.487. The zero-order chi connectivity index (χ0) is 13.0. The van der Waals surface area contributed by atoms with E-state index in [9.17, 15) is 4.79 Å². The number of amides is 1. The summed E-state index contributed by atoms with van der Waals surface area (Å²) in [6.45, 7) is 8.22. The Morgan fingerprint density at radius 3 is 2.61 bits per heavy atom. The number of nitrogens with zero attached hydrogens (tertiary/aromatic N) is 2. The van der Waals surface area contributed by atoms with Crippen molar-refractivity contribution >= 4 is 5.91 Å². The Bertz CT molecular complexity index is 282. The number of carbonyl (C=O) groups is 1. The highest BCUT2D eigenvalue weighted by molar-refractivity contribution is 5.82. The van der Waals surface area contributed by atoms with Gasteiger partial charge in [-0.25, -0.2) is 0 Å². The number of hydrogen-bond acceptors (Lipinski definition) is 4. The molecule has 1 amide bonds. The molecule has 5 nitrogen and oxygen atoms in total. The summed E-state index contributed by atoms with van der Waals surface area (Å²) in [5, 5.41) is 12.2. The Balaban J connectivity index is 1.86. The molecule has 2 fully saturated rings. The molecular weight excluding hydrogens is 230 g/mol. The topological polar surface area (TPSA) is 55.8 Å². The molecule has 0 aliphatic carbocycles. The van der Waals surface area contributed by atoms with E-state index in [1.54, 1.807) is 0 Å². The summed E-state index contributed by atoms with van der Waals surface area (Å²) in [5.74, 6) is 0.304. The third-order valence-corrected chi connectivity index (χ3v) is 4.19. The minimum Gasteiger partial charge on any atom is -0.395 e. The number of rotatable bonds is 3. The fourth-order valence-corrected chi connectivity index (χ4v) is 2.94. The van der Waals surface area contributed by atoms with Crippen LogP contribution in [-0.2, 0) is 4.79 Å². The largest absolute Gasteiger partial charge is 0.395 e. The van der Waals surface area contributed by atoms with Crippen molar-refractivity contribution in [1.82, 2.24) is 15.1 Å². The summed E-state index contributed by atoms with van der Waals surface area (Å²) in [5.41, 5.74) is -0.211. The molecule has 0 bridgehead atoms.